The van der Waals surface area contributed by atoms with Gasteiger partial charge in [-0.05, 0) is 38.0 Å². The number of carboxylic acids is 1. The van der Waals surface area contributed by atoms with Gasteiger partial charge in [0.2, 0.25) is 0 Å². The molecule has 1 aliphatic heterocycles. The maximum atomic E-state index is 10.9. The molecule has 1 fully saturated rings. The molecule has 4 nitrogen and oxygen atoms in total. The van der Waals surface area contributed by atoms with Gasteiger partial charge in [-0.2, -0.15) is 0 Å². The number of rotatable bonds is 4. The van der Waals surface area contributed by atoms with Crippen molar-refractivity contribution >= 4 is 17.6 Å². The molecule has 0 aliphatic carbocycles. The Bertz CT molecular complexity index is 447. The zero-order valence-corrected chi connectivity index (χ0v) is 10.8. The van der Waals surface area contributed by atoms with Gasteiger partial charge >= 0.3 is 5.97 Å². The second kappa shape index (κ2) is 5.59. The molecule has 2 rings (SSSR count). The minimum Gasteiger partial charge on any atom is -0.491 e. The molecule has 1 N–H and O–H groups in total. The highest BCUT2D eigenvalue weighted by Crippen LogP contribution is 2.24. The molecule has 1 aliphatic rings. The van der Waals surface area contributed by atoms with Gasteiger partial charge in [0.05, 0.1) is 22.8 Å². The first kappa shape index (κ1) is 13.2. The van der Waals surface area contributed by atoms with Crippen LogP contribution in [-0.2, 0) is 4.74 Å². The Hall–Kier alpha value is -1.26. The van der Waals surface area contributed by atoms with E-state index in [0.29, 0.717) is 12.4 Å². The van der Waals surface area contributed by atoms with Gasteiger partial charge in [-0.25, -0.2) is 4.79 Å². The van der Waals surface area contributed by atoms with Crippen molar-refractivity contribution in [3.05, 3.63) is 28.8 Å². The lowest BCUT2D eigenvalue weighted by molar-refractivity contribution is 0.0264. The third kappa shape index (κ3) is 3.15. The number of ether oxygens (including phenoxy) is 2. The second-order valence-corrected chi connectivity index (χ2v) is 4.81. The van der Waals surface area contributed by atoms with E-state index in [0.717, 1.165) is 12.8 Å². The molecular weight excluding hydrogens is 256 g/mol. The smallest absolute Gasteiger partial charge is 0.337 e. The molecule has 2 atom stereocenters. The predicted molar refractivity (Wildman–Crippen MR) is 67.5 cm³/mol. The third-order valence-corrected chi connectivity index (χ3v) is 3.25. The second-order valence-electron chi connectivity index (χ2n) is 4.40. The van der Waals surface area contributed by atoms with E-state index >= 15 is 0 Å². The van der Waals surface area contributed by atoms with Gasteiger partial charge in [-0.15, -0.1) is 0 Å². The summed E-state index contributed by atoms with van der Waals surface area (Å²) in [5.41, 5.74) is 0.0508. The maximum absolute atomic E-state index is 10.9. The van der Waals surface area contributed by atoms with Crippen LogP contribution in [0, 0.1) is 0 Å². The molecule has 98 valence electrons. The number of halogens is 1. The normalized spacial score (nSPS) is 23.0. The Kier molecular flexibility index (Phi) is 4.09. The number of hydrogen-bond donors (Lipinski definition) is 1. The largest absolute Gasteiger partial charge is 0.491 e. The van der Waals surface area contributed by atoms with Crippen molar-refractivity contribution in [2.45, 2.75) is 32.0 Å². The van der Waals surface area contributed by atoms with Crippen LogP contribution in [0.1, 0.15) is 30.1 Å². The quantitative estimate of drug-likeness (QED) is 0.914. The monoisotopic (exact) mass is 270 g/mol. The number of hydrogen-bond acceptors (Lipinski definition) is 3. The number of carbonyl (C=O) groups is 1. The van der Waals surface area contributed by atoms with Crippen LogP contribution in [0.5, 0.6) is 5.75 Å². The number of aromatic carboxylic acids is 1. The molecule has 0 radical (unpaired) electrons. The molecule has 0 bridgehead atoms. The Morgan fingerprint density at radius 2 is 2.33 bits per heavy atom. The van der Waals surface area contributed by atoms with Gasteiger partial charge in [0, 0.05) is 0 Å². The van der Waals surface area contributed by atoms with E-state index in [2.05, 4.69) is 0 Å². The zero-order chi connectivity index (χ0) is 13.1. The fraction of sp³-hybridized carbons (Fsp3) is 0.462. The highest BCUT2D eigenvalue weighted by molar-refractivity contribution is 6.33. The van der Waals surface area contributed by atoms with Gasteiger partial charge in [-0.3, -0.25) is 0 Å². The summed E-state index contributed by atoms with van der Waals surface area (Å²) < 4.78 is 11.2. The molecule has 0 spiro atoms. The molecule has 5 heteroatoms. The number of benzene rings is 1. The van der Waals surface area contributed by atoms with Gasteiger partial charge in [0.25, 0.3) is 0 Å². The molecule has 1 heterocycles. The minimum absolute atomic E-state index is 0.0508. The summed E-state index contributed by atoms with van der Waals surface area (Å²) >= 11 is 5.78. The van der Waals surface area contributed by atoms with Crippen molar-refractivity contribution < 1.29 is 19.4 Å². The zero-order valence-electron chi connectivity index (χ0n) is 10.1. The first-order valence-electron chi connectivity index (χ1n) is 5.87. The molecule has 1 aromatic rings. The molecule has 18 heavy (non-hydrogen) atoms. The third-order valence-electron chi connectivity index (χ3n) is 2.92. The summed E-state index contributed by atoms with van der Waals surface area (Å²) in [5, 5.41) is 9.15. The first-order chi connectivity index (χ1) is 8.56. The van der Waals surface area contributed by atoms with E-state index in [1.165, 1.54) is 12.1 Å². The SMILES string of the molecule is CC1CCC(COc2ccc(Cl)c(C(=O)O)c2)O1. The molecule has 1 aromatic carbocycles. The predicted octanol–water partition coefficient (Wildman–Crippen LogP) is 2.98. The minimum atomic E-state index is -1.06. The lowest BCUT2D eigenvalue weighted by Crippen LogP contribution is -2.18. The molecular formula is C13H15ClO4. The van der Waals surface area contributed by atoms with Crippen LogP contribution in [0.2, 0.25) is 5.02 Å². The van der Waals surface area contributed by atoms with Crippen molar-refractivity contribution in [1.29, 1.82) is 0 Å². The summed E-state index contributed by atoms with van der Waals surface area (Å²) in [5.74, 6) is -0.559. The van der Waals surface area contributed by atoms with Crippen LogP contribution in [0.15, 0.2) is 18.2 Å². The van der Waals surface area contributed by atoms with Crippen molar-refractivity contribution in [1.82, 2.24) is 0 Å². The van der Waals surface area contributed by atoms with Crippen LogP contribution < -0.4 is 4.74 Å². The Morgan fingerprint density at radius 3 is 2.94 bits per heavy atom. The highest BCUT2D eigenvalue weighted by atomic mass is 35.5. The molecule has 1 saturated heterocycles. The number of carboxylic acid groups (broad SMARTS) is 1. The Morgan fingerprint density at radius 1 is 1.56 bits per heavy atom. The van der Waals surface area contributed by atoms with Gasteiger partial charge in [-0.1, -0.05) is 11.6 Å². The topological polar surface area (TPSA) is 55.8 Å². The van der Waals surface area contributed by atoms with Crippen LogP contribution in [0.4, 0.5) is 0 Å². The summed E-state index contributed by atoms with van der Waals surface area (Å²) in [7, 11) is 0. The van der Waals surface area contributed by atoms with Crippen molar-refractivity contribution in [2.24, 2.45) is 0 Å². The average Bonchev–Trinajstić information content (AvgIpc) is 2.74. The average molecular weight is 271 g/mol. The first-order valence-corrected chi connectivity index (χ1v) is 6.25. The highest BCUT2D eigenvalue weighted by Gasteiger charge is 2.22. The maximum Gasteiger partial charge on any atom is 0.337 e. The fourth-order valence-corrected chi connectivity index (χ4v) is 2.15. The van der Waals surface area contributed by atoms with Crippen molar-refractivity contribution in [2.75, 3.05) is 6.61 Å². The molecule has 0 aromatic heterocycles. The van der Waals surface area contributed by atoms with E-state index in [9.17, 15) is 4.79 Å². The molecule has 2 unspecified atom stereocenters. The standard InChI is InChI=1S/C13H15ClO4/c1-8-2-3-10(18-8)7-17-9-4-5-12(14)11(6-9)13(15)16/h4-6,8,10H,2-3,7H2,1H3,(H,15,16). The molecule has 0 amide bonds. The lowest BCUT2D eigenvalue weighted by atomic mass is 10.2. The summed E-state index contributed by atoms with van der Waals surface area (Å²) in [6.07, 6.45) is 2.37. The van der Waals surface area contributed by atoms with Gasteiger partial charge in [0.15, 0.2) is 0 Å². The van der Waals surface area contributed by atoms with Crippen LogP contribution in [-0.4, -0.2) is 29.9 Å². The van der Waals surface area contributed by atoms with Crippen molar-refractivity contribution in [3.63, 3.8) is 0 Å². The Balaban J connectivity index is 1.97. The van der Waals surface area contributed by atoms with Gasteiger partial charge < -0.3 is 14.6 Å². The lowest BCUT2D eigenvalue weighted by Gasteiger charge is -2.13. The fourth-order valence-electron chi connectivity index (χ4n) is 1.96. The van der Waals surface area contributed by atoms with Crippen LogP contribution >= 0.6 is 11.6 Å². The van der Waals surface area contributed by atoms with E-state index < -0.39 is 5.97 Å². The van der Waals surface area contributed by atoms with E-state index in [4.69, 9.17) is 26.2 Å². The molecule has 0 saturated carbocycles. The van der Waals surface area contributed by atoms with E-state index in [-0.39, 0.29) is 22.8 Å². The Labute approximate surface area is 110 Å². The summed E-state index contributed by atoms with van der Waals surface area (Å²) in [6, 6.07) is 4.62. The van der Waals surface area contributed by atoms with Crippen LogP contribution in [0.25, 0.3) is 0 Å². The summed E-state index contributed by atoms with van der Waals surface area (Å²) in [6.45, 7) is 2.47. The van der Waals surface area contributed by atoms with E-state index in [1.807, 2.05) is 6.92 Å². The summed E-state index contributed by atoms with van der Waals surface area (Å²) in [4.78, 5) is 10.9. The van der Waals surface area contributed by atoms with Gasteiger partial charge in [0.1, 0.15) is 12.4 Å². The van der Waals surface area contributed by atoms with E-state index in [1.54, 1.807) is 6.07 Å². The van der Waals surface area contributed by atoms with Crippen LogP contribution in [0.3, 0.4) is 0 Å². The van der Waals surface area contributed by atoms with Crippen molar-refractivity contribution in [3.8, 4) is 5.75 Å².